The zero-order chi connectivity index (χ0) is 23.2. The molecular weight excluding hydrogens is 404 g/mol. The van der Waals surface area contributed by atoms with Crippen LogP contribution in [0, 0.1) is 6.92 Å². The Morgan fingerprint density at radius 1 is 0.781 bits per heavy atom. The number of nitrogens with zero attached hydrogens (tertiary/aromatic N) is 2. The third-order valence-electron chi connectivity index (χ3n) is 6.47. The molecule has 0 fully saturated rings. The summed E-state index contributed by atoms with van der Waals surface area (Å²) in [6.07, 6.45) is 0. The predicted octanol–water partition coefficient (Wildman–Crippen LogP) is 7.79. The third kappa shape index (κ3) is 3.95. The van der Waals surface area contributed by atoms with Crippen molar-refractivity contribution in [1.82, 2.24) is 9.55 Å². The number of aromatic nitrogens is 2. The maximum Gasteiger partial charge on any atom is 0.146 e. The molecule has 0 spiro atoms. The van der Waals surface area contributed by atoms with E-state index in [0.29, 0.717) is 11.8 Å². The van der Waals surface area contributed by atoms with Crippen molar-refractivity contribution in [2.45, 2.75) is 66.1 Å². The third-order valence-corrected chi connectivity index (χ3v) is 8.52. The summed E-state index contributed by atoms with van der Waals surface area (Å²) in [6.45, 7) is 18.6. The molecule has 1 heterocycles. The summed E-state index contributed by atoms with van der Waals surface area (Å²) in [6, 6.07) is 22.4. The van der Waals surface area contributed by atoms with Crippen LogP contribution in [0.15, 0.2) is 60.7 Å². The van der Waals surface area contributed by atoms with Gasteiger partial charge in [-0.2, -0.15) is 0 Å². The fourth-order valence-corrected chi connectivity index (χ4v) is 5.70. The summed E-state index contributed by atoms with van der Waals surface area (Å²) in [5, 5.41) is 1.47. The molecule has 0 atom stereocenters. The summed E-state index contributed by atoms with van der Waals surface area (Å²) in [5.41, 5.74) is 8.81. The zero-order valence-corrected chi connectivity index (χ0v) is 21.8. The SMILES string of the molecule is Cc1ccccc1-c1nc2ccc([Si](C)(C)C)cc2n1-c1c(C(C)C)cccc1C(C)C. The Hall–Kier alpha value is -2.65. The monoisotopic (exact) mass is 440 g/mol. The van der Waals surface area contributed by atoms with Gasteiger partial charge in [0.25, 0.3) is 0 Å². The highest BCUT2D eigenvalue weighted by Gasteiger charge is 2.24. The number of fused-ring (bicyclic) bond motifs is 1. The minimum absolute atomic E-state index is 0.422. The van der Waals surface area contributed by atoms with E-state index in [1.54, 1.807) is 0 Å². The molecule has 0 saturated carbocycles. The topological polar surface area (TPSA) is 17.8 Å². The van der Waals surface area contributed by atoms with Crippen molar-refractivity contribution in [3.05, 3.63) is 77.4 Å². The largest absolute Gasteiger partial charge is 0.292 e. The Balaban J connectivity index is 2.19. The van der Waals surface area contributed by atoms with E-state index >= 15 is 0 Å². The van der Waals surface area contributed by atoms with Gasteiger partial charge < -0.3 is 0 Å². The molecule has 0 radical (unpaired) electrons. The van der Waals surface area contributed by atoms with E-state index in [4.69, 9.17) is 4.98 Å². The number of para-hydroxylation sites is 1. The summed E-state index contributed by atoms with van der Waals surface area (Å²) in [5.74, 6) is 1.89. The molecule has 166 valence electrons. The quantitative estimate of drug-likeness (QED) is 0.290. The maximum atomic E-state index is 5.22. The Morgan fingerprint density at radius 3 is 1.97 bits per heavy atom. The number of rotatable bonds is 5. The van der Waals surface area contributed by atoms with Gasteiger partial charge in [-0.3, -0.25) is 4.57 Å². The first-order chi connectivity index (χ1) is 15.1. The van der Waals surface area contributed by atoms with E-state index in [1.807, 2.05) is 0 Å². The van der Waals surface area contributed by atoms with Gasteiger partial charge in [0.05, 0.1) is 24.8 Å². The van der Waals surface area contributed by atoms with Gasteiger partial charge in [0.15, 0.2) is 0 Å². The van der Waals surface area contributed by atoms with Crippen molar-refractivity contribution in [3.8, 4) is 17.1 Å². The average molecular weight is 441 g/mol. The van der Waals surface area contributed by atoms with Crippen LogP contribution in [0.5, 0.6) is 0 Å². The van der Waals surface area contributed by atoms with E-state index in [1.165, 1.54) is 38.6 Å². The summed E-state index contributed by atoms with van der Waals surface area (Å²) in [7, 11) is -1.47. The van der Waals surface area contributed by atoms with Gasteiger partial charge in [-0.1, -0.05) is 101 Å². The lowest BCUT2D eigenvalue weighted by molar-refractivity contribution is 0.811. The van der Waals surface area contributed by atoms with Gasteiger partial charge in [0.2, 0.25) is 0 Å². The minimum Gasteiger partial charge on any atom is -0.292 e. The number of hydrogen-bond donors (Lipinski definition) is 0. The minimum atomic E-state index is -1.47. The standard InChI is InChI=1S/C29H36N2Si/c1-19(2)23-14-11-15-24(20(3)4)28(23)31-27-18-22(32(6,7)8)16-17-26(27)30-29(31)25-13-10-9-12-21(25)5/h9-20H,1-8H3. The van der Waals surface area contributed by atoms with Crippen LogP contribution in [0.25, 0.3) is 28.1 Å². The summed E-state index contributed by atoms with van der Waals surface area (Å²) >= 11 is 0. The second-order valence-electron chi connectivity index (χ2n) is 10.6. The molecule has 0 aliphatic carbocycles. The van der Waals surface area contributed by atoms with Crippen molar-refractivity contribution in [3.63, 3.8) is 0 Å². The smallest absolute Gasteiger partial charge is 0.146 e. The van der Waals surface area contributed by atoms with Gasteiger partial charge in [-0.05, 0) is 47.6 Å². The van der Waals surface area contributed by atoms with Crippen LogP contribution in [0.1, 0.15) is 56.2 Å². The lowest BCUT2D eigenvalue weighted by atomic mass is 9.92. The Bertz CT molecular complexity index is 1250. The van der Waals surface area contributed by atoms with Crippen LogP contribution < -0.4 is 5.19 Å². The lowest BCUT2D eigenvalue weighted by Gasteiger charge is -2.23. The molecule has 32 heavy (non-hydrogen) atoms. The van der Waals surface area contributed by atoms with Gasteiger partial charge in [-0.25, -0.2) is 4.98 Å². The molecule has 0 amide bonds. The fraction of sp³-hybridized carbons (Fsp3) is 0.345. The highest BCUT2D eigenvalue weighted by molar-refractivity contribution is 6.88. The highest BCUT2D eigenvalue weighted by Crippen LogP contribution is 2.37. The van der Waals surface area contributed by atoms with Crippen LogP contribution in [-0.2, 0) is 0 Å². The first-order valence-electron chi connectivity index (χ1n) is 11.8. The zero-order valence-electron chi connectivity index (χ0n) is 20.8. The Kier molecular flexibility index (Phi) is 5.89. The number of hydrogen-bond acceptors (Lipinski definition) is 1. The van der Waals surface area contributed by atoms with Crippen LogP contribution in [0.4, 0.5) is 0 Å². The highest BCUT2D eigenvalue weighted by atomic mass is 28.3. The van der Waals surface area contributed by atoms with E-state index in [0.717, 1.165) is 11.3 Å². The van der Waals surface area contributed by atoms with Crippen LogP contribution in [0.2, 0.25) is 19.6 Å². The van der Waals surface area contributed by atoms with Crippen molar-refractivity contribution in [1.29, 1.82) is 0 Å². The average Bonchev–Trinajstić information content (AvgIpc) is 3.10. The molecule has 4 aromatic rings. The Morgan fingerprint density at radius 2 is 1.41 bits per heavy atom. The van der Waals surface area contributed by atoms with E-state index in [2.05, 4.69) is 119 Å². The van der Waals surface area contributed by atoms with Gasteiger partial charge in [0, 0.05) is 5.56 Å². The molecule has 2 nitrogen and oxygen atoms in total. The molecular formula is C29H36N2Si. The van der Waals surface area contributed by atoms with E-state index in [-0.39, 0.29) is 0 Å². The lowest BCUT2D eigenvalue weighted by Crippen LogP contribution is -2.37. The van der Waals surface area contributed by atoms with Crippen LogP contribution >= 0.6 is 0 Å². The summed E-state index contributed by atoms with van der Waals surface area (Å²) in [4.78, 5) is 5.22. The second kappa shape index (κ2) is 8.36. The fourth-order valence-electron chi connectivity index (χ4n) is 4.54. The molecule has 3 aromatic carbocycles. The van der Waals surface area contributed by atoms with E-state index in [9.17, 15) is 0 Å². The molecule has 0 bridgehead atoms. The maximum absolute atomic E-state index is 5.22. The first kappa shape index (κ1) is 22.5. The second-order valence-corrected chi connectivity index (χ2v) is 15.7. The van der Waals surface area contributed by atoms with E-state index < -0.39 is 8.07 Å². The molecule has 0 unspecified atom stereocenters. The van der Waals surface area contributed by atoms with Crippen LogP contribution in [0.3, 0.4) is 0 Å². The van der Waals surface area contributed by atoms with Crippen molar-refractivity contribution in [2.24, 2.45) is 0 Å². The number of imidazole rings is 1. The van der Waals surface area contributed by atoms with Crippen LogP contribution in [-0.4, -0.2) is 17.6 Å². The number of aryl methyl sites for hydroxylation is 1. The molecule has 0 aliphatic rings. The molecule has 3 heteroatoms. The molecule has 0 aliphatic heterocycles. The predicted molar refractivity (Wildman–Crippen MR) is 142 cm³/mol. The van der Waals surface area contributed by atoms with Crippen molar-refractivity contribution in [2.75, 3.05) is 0 Å². The molecule has 4 rings (SSSR count). The van der Waals surface area contributed by atoms with Crippen molar-refractivity contribution >= 4 is 24.3 Å². The van der Waals surface area contributed by atoms with Gasteiger partial charge in [0.1, 0.15) is 5.82 Å². The number of benzene rings is 3. The van der Waals surface area contributed by atoms with Gasteiger partial charge in [-0.15, -0.1) is 0 Å². The molecule has 0 N–H and O–H groups in total. The Labute approximate surface area is 194 Å². The normalized spacial score (nSPS) is 12.3. The molecule has 0 saturated heterocycles. The summed E-state index contributed by atoms with van der Waals surface area (Å²) < 4.78 is 2.46. The van der Waals surface area contributed by atoms with Gasteiger partial charge >= 0.3 is 0 Å². The van der Waals surface area contributed by atoms with Crippen molar-refractivity contribution < 1.29 is 0 Å². The molecule has 1 aromatic heterocycles. The first-order valence-corrected chi connectivity index (χ1v) is 15.3.